The molecule has 0 saturated carbocycles. The summed E-state index contributed by atoms with van der Waals surface area (Å²) in [5.41, 5.74) is -0.142. The Balaban J connectivity index is 1.42. The van der Waals surface area contributed by atoms with E-state index in [-0.39, 0.29) is 44.2 Å². The predicted octanol–water partition coefficient (Wildman–Crippen LogP) is 5.66. The van der Waals surface area contributed by atoms with Gasteiger partial charge < -0.3 is 26.0 Å². The number of carbonyl (C=O) groups is 2. The third-order valence-electron chi connectivity index (χ3n) is 6.43. The van der Waals surface area contributed by atoms with Crippen molar-refractivity contribution in [3.8, 4) is 11.5 Å². The van der Waals surface area contributed by atoms with Gasteiger partial charge in [0.05, 0.1) is 16.1 Å². The highest BCUT2D eigenvalue weighted by molar-refractivity contribution is 7.86. The Labute approximate surface area is 253 Å². The maximum Gasteiger partial charge on any atom is 0.335 e. The van der Waals surface area contributed by atoms with E-state index < -0.39 is 59.2 Å². The standard InChI is InChI=1S/C28H20N4O11S2/c33-23-13-20(44(38,39)40)11-15-9-18(5-7-21(15)23)29-28(37)30-19-6-8-22-16(10-19)12-24(45(41,42)43)25(26(22)34)32-31-17-3-1-14(2-4-17)27(35)36/h1-13,33-34H,(H,35,36)(H2,29,30,37)(H,38,39,40)(H,41,42,43). The lowest BCUT2D eigenvalue weighted by atomic mass is 10.1. The van der Waals surface area contributed by atoms with E-state index in [0.717, 1.165) is 18.2 Å². The Morgan fingerprint density at radius 3 is 1.80 bits per heavy atom. The molecule has 5 aromatic carbocycles. The number of rotatable bonds is 7. The van der Waals surface area contributed by atoms with Gasteiger partial charge >= 0.3 is 12.0 Å². The van der Waals surface area contributed by atoms with E-state index >= 15 is 0 Å². The van der Waals surface area contributed by atoms with Crippen molar-refractivity contribution in [2.24, 2.45) is 10.2 Å². The van der Waals surface area contributed by atoms with E-state index in [2.05, 4.69) is 20.9 Å². The fourth-order valence-corrected chi connectivity index (χ4v) is 5.54. The summed E-state index contributed by atoms with van der Waals surface area (Å²) in [5.74, 6) is -2.22. The molecule has 5 aromatic rings. The Morgan fingerprint density at radius 1 is 0.667 bits per heavy atom. The number of anilines is 2. The molecular formula is C28H20N4O11S2. The molecule has 0 aliphatic rings. The van der Waals surface area contributed by atoms with Crippen LogP contribution in [0.4, 0.5) is 27.5 Å². The van der Waals surface area contributed by atoms with Crippen LogP contribution in [0.2, 0.25) is 0 Å². The minimum atomic E-state index is -4.94. The SMILES string of the molecule is O=C(Nc1ccc2c(O)cc(S(=O)(=O)O)cc2c1)Nc1ccc2c(O)c(N=Nc3ccc(C(=O)O)cc3)c(S(=O)(=O)O)cc2c1. The number of azo groups is 1. The van der Waals surface area contributed by atoms with Crippen molar-refractivity contribution in [3.63, 3.8) is 0 Å². The fraction of sp³-hybridized carbons (Fsp3) is 0. The number of fused-ring (bicyclic) bond motifs is 2. The van der Waals surface area contributed by atoms with Crippen molar-refractivity contribution in [1.29, 1.82) is 0 Å². The topological polar surface area (TPSA) is 252 Å². The molecule has 0 bridgehead atoms. The number of urea groups is 1. The number of carbonyl (C=O) groups excluding carboxylic acids is 1. The molecule has 0 spiro atoms. The summed E-state index contributed by atoms with van der Waals surface area (Å²) in [6, 6.07) is 15.6. The van der Waals surface area contributed by atoms with E-state index in [1.165, 1.54) is 60.7 Å². The highest BCUT2D eigenvalue weighted by Gasteiger charge is 2.22. The van der Waals surface area contributed by atoms with Crippen LogP contribution >= 0.6 is 0 Å². The number of amides is 2. The van der Waals surface area contributed by atoms with Crippen molar-refractivity contribution in [3.05, 3.63) is 84.4 Å². The summed E-state index contributed by atoms with van der Waals surface area (Å²) in [7, 11) is -9.55. The monoisotopic (exact) mass is 652 g/mol. The van der Waals surface area contributed by atoms with Crippen LogP contribution in [0.5, 0.6) is 11.5 Å². The van der Waals surface area contributed by atoms with Crippen LogP contribution in [0.3, 0.4) is 0 Å². The Bertz CT molecular complexity index is 2290. The molecule has 0 aliphatic carbocycles. The lowest BCUT2D eigenvalue weighted by Gasteiger charge is -2.12. The summed E-state index contributed by atoms with van der Waals surface area (Å²) >= 11 is 0. The maximum absolute atomic E-state index is 12.7. The summed E-state index contributed by atoms with van der Waals surface area (Å²) in [5, 5.41) is 43.2. The number of phenols is 2. The summed E-state index contributed by atoms with van der Waals surface area (Å²) < 4.78 is 66.5. The van der Waals surface area contributed by atoms with E-state index in [1.807, 2.05) is 0 Å². The van der Waals surface area contributed by atoms with Gasteiger partial charge in [0.2, 0.25) is 0 Å². The second-order valence-corrected chi connectivity index (χ2v) is 12.3. The minimum Gasteiger partial charge on any atom is -0.507 e. The Hall–Kier alpha value is -5.62. The molecule has 230 valence electrons. The molecule has 17 heteroatoms. The van der Waals surface area contributed by atoms with Crippen LogP contribution in [-0.4, -0.2) is 53.3 Å². The molecule has 0 radical (unpaired) electrons. The average Bonchev–Trinajstić information content (AvgIpc) is 2.95. The normalized spacial score (nSPS) is 12.0. The highest BCUT2D eigenvalue weighted by atomic mass is 32.2. The number of aromatic carboxylic acids is 1. The van der Waals surface area contributed by atoms with Crippen LogP contribution in [0, 0.1) is 0 Å². The molecule has 5 rings (SSSR count). The van der Waals surface area contributed by atoms with Gasteiger partial charge in [-0.25, -0.2) is 9.59 Å². The molecule has 2 amide bonds. The minimum absolute atomic E-state index is 0.0222. The lowest BCUT2D eigenvalue weighted by Crippen LogP contribution is -2.19. The number of hydrogen-bond acceptors (Lipinski definition) is 10. The number of carboxylic acids is 1. The highest BCUT2D eigenvalue weighted by Crippen LogP contribution is 2.42. The number of nitrogens with zero attached hydrogens (tertiary/aromatic N) is 2. The van der Waals surface area contributed by atoms with Crippen molar-refractivity contribution in [2.75, 3.05) is 10.6 Å². The number of aromatic hydroxyl groups is 2. The third-order valence-corrected chi connectivity index (χ3v) is 8.12. The molecule has 0 fully saturated rings. The van der Waals surface area contributed by atoms with Crippen LogP contribution in [-0.2, 0) is 20.2 Å². The zero-order chi connectivity index (χ0) is 32.7. The van der Waals surface area contributed by atoms with Crippen LogP contribution in [0.15, 0.2) is 98.9 Å². The first-order valence-electron chi connectivity index (χ1n) is 12.4. The van der Waals surface area contributed by atoms with Crippen molar-refractivity contribution in [1.82, 2.24) is 0 Å². The molecule has 0 aromatic heterocycles. The molecular weight excluding hydrogens is 632 g/mol. The van der Waals surface area contributed by atoms with Crippen molar-refractivity contribution in [2.45, 2.75) is 9.79 Å². The molecule has 0 unspecified atom stereocenters. The molecule has 15 nitrogen and oxygen atoms in total. The molecule has 0 heterocycles. The number of carboxylic acid groups (broad SMARTS) is 1. The zero-order valence-electron chi connectivity index (χ0n) is 22.4. The summed E-state index contributed by atoms with van der Waals surface area (Å²) in [6.45, 7) is 0. The van der Waals surface area contributed by atoms with E-state index in [1.54, 1.807) is 0 Å². The maximum atomic E-state index is 12.7. The van der Waals surface area contributed by atoms with Gasteiger partial charge in [0.25, 0.3) is 20.2 Å². The Kier molecular flexibility index (Phi) is 7.86. The van der Waals surface area contributed by atoms with E-state index in [0.29, 0.717) is 0 Å². The van der Waals surface area contributed by atoms with Gasteiger partial charge in [-0.3, -0.25) is 9.11 Å². The van der Waals surface area contributed by atoms with Crippen molar-refractivity contribution < 1.29 is 50.8 Å². The van der Waals surface area contributed by atoms with Crippen LogP contribution < -0.4 is 10.6 Å². The first-order chi connectivity index (χ1) is 21.1. The predicted molar refractivity (Wildman–Crippen MR) is 161 cm³/mol. The van der Waals surface area contributed by atoms with E-state index in [9.17, 15) is 45.7 Å². The number of nitrogens with one attached hydrogen (secondary N) is 2. The lowest BCUT2D eigenvalue weighted by molar-refractivity contribution is 0.0696. The largest absolute Gasteiger partial charge is 0.507 e. The molecule has 0 aliphatic heterocycles. The summed E-state index contributed by atoms with van der Waals surface area (Å²) in [4.78, 5) is 22.4. The van der Waals surface area contributed by atoms with Gasteiger partial charge in [-0.1, -0.05) is 0 Å². The first kappa shape index (κ1) is 30.8. The van der Waals surface area contributed by atoms with Gasteiger partial charge in [-0.05, 0) is 83.6 Å². The number of hydrogen-bond donors (Lipinski definition) is 7. The average molecular weight is 653 g/mol. The molecule has 0 atom stereocenters. The van der Waals surface area contributed by atoms with Gasteiger partial charge in [-0.2, -0.15) is 21.9 Å². The second kappa shape index (κ2) is 11.5. The molecule has 7 N–H and O–H groups in total. The molecule has 45 heavy (non-hydrogen) atoms. The van der Waals surface area contributed by atoms with Crippen molar-refractivity contribution >= 4 is 76.5 Å². The van der Waals surface area contributed by atoms with Gasteiger partial charge in [0.15, 0.2) is 5.75 Å². The smallest absolute Gasteiger partial charge is 0.335 e. The third kappa shape index (κ3) is 6.65. The number of benzene rings is 5. The second-order valence-electron chi connectivity index (χ2n) is 9.47. The number of phenolic OH excluding ortho intramolecular Hbond substituents is 2. The van der Waals surface area contributed by atoms with Crippen LogP contribution in [0.1, 0.15) is 10.4 Å². The van der Waals surface area contributed by atoms with Gasteiger partial charge in [-0.15, -0.1) is 5.11 Å². The van der Waals surface area contributed by atoms with Gasteiger partial charge in [0.1, 0.15) is 16.3 Å². The fourth-order valence-electron chi connectivity index (χ4n) is 4.34. The first-order valence-corrected chi connectivity index (χ1v) is 15.3. The summed E-state index contributed by atoms with van der Waals surface area (Å²) in [6.07, 6.45) is 0. The van der Waals surface area contributed by atoms with E-state index in [4.69, 9.17) is 5.11 Å². The van der Waals surface area contributed by atoms with Crippen LogP contribution in [0.25, 0.3) is 21.5 Å². The Morgan fingerprint density at radius 2 is 1.24 bits per heavy atom. The quantitative estimate of drug-likeness (QED) is 0.0834. The zero-order valence-corrected chi connectivity index (χ0v) is 24.0. The molecule has 0 saturated heterocycles. The van der Waals surface area contributed by atoms with Gasteiger partial charge in [0, 0.05) is 28.2 Å².